The maximum Gasteiger partial charge on any atom is 0.128 e. The lowest BCUT2D eigenvalue weighted by Crippen LogP contribution is -2.15. The second kappa shape index (κ2) is 3.99. The van der Waals surface area contributed by atoms with Crippen molar-refractivity contribution in [3.8, 4) is 0 Å². The minimum absolute atomic E-state index is 0.0925. The Morgan fingerprint density at radius 3 is 2.93 bits per heavy atom. The van der Waals surface area contributed by atoms with E-state index in [0.29, 0.717) is 0 Å². The number of halogens is 2. The van der Waals surface area contributed by atoms with Crippen LogP contribution in [-0.2, 0) is 0 Å². The molecular weight excluding hydrogens is 245 g/mol. The molecule has 0 amide bonds. The molecule has 0 radical (unpaired) electrons. The summed E-state index contributed by atoms with van der Waals surface area (Å²) in [6.07, 6.45) is 2.17. The van der Waals surface area contributed by atoms with Crippen molar-refractivity contribution in [2.24, 2.45) is 0 Å². The maximum atomic E-state index is 13.6. The van der Waals surface area contributed by atoms with Crippen molar-refractivity contribution in [1.82, 2.24) is 5.32 Å². The molecule has 0 saturated carbocycles. The van der Waals surface area contributed by atoms with Crippen LogP contribution in [0.15, 0.2) is 16.6 Å². The van der Waals surface area contributed by atoms with Crippen LogP contribution in [0.2, 0.25) is 0 Å². The molecule has 1 saturated heterocycles. The first-order valence-electron chi connectivity index (χ1n) is 4.88. The van der Waals surface area contributed by atoms with E-state index in [1.54, 1.807) is 6.07 Å². The third kappa shape index (κ3) is 1.71. The second-order valence-electron chi connectivity index (χ2n) is 3.72. The fourth-order valence-corrected chi connectivity index (χ4v) is 2.37. The fraction of sp³-hybridized carbons (Fsp3) is 0.455. The minimum Gasteiger partial charge on any atom is -0.310 e. The largest absolute Gasteiger partial charge is 0.310 e. The monoisotopic (exact) mass is 257 g/mol. The summed E-state index contributed by atoms with van der Waals surface area (Å²) in [6.45, 7) is 2.96. The van der Waals surface area contributed by atoms with Gasteiger partial charge in [0.25, 0.3) is 0 Å². The number of nitrogens with one attached hydrogen (secondary N) is 1. The number of hydrogen-bond acceptors (Lipinski definition) is 1. The van der Waals surface area contributed by atoms with Crippen LogP contribution in [0, 0.1) is 12.7 Å². The maximum absolute atomic E-state index is 13.6. The molecular formula is C11H13BrFN. The number of hydrogen-bond donors (Lipinski definition) is 1. The third-order valence-electron chi connectivity index (χ3n) is 2.80. The van der Waals surface area contributed by atoms with Crippen molar-refractivity contribution in [2.45, 2.75) is 25.8 Å². The van der Waals surface area contributed by atoms with E-state index in [1.807, 2.05) is 6.92 Å². The van der Waals surface area contributed by atoms with Crippen LogP contribution in [0.3, 0.4) is 0 Å². The smallest absolute Gasteiger partial charge is 0.128 e. The standard InChI is InChI=1S/C11H13BrFN/c1-7-8(12)4-5-9(13)11(7)10-3-2-6-14-10/h4-5,10,14H,2-3,6H2,1H3. The third-order valence-corrected chi connectivity index (χ3v) is 3.66. The molecule has 76 valence electrons. The van der Waals surface area contributed by atoms with Gasteiger partial charge in [-0.2, -0.15) is 0 Å². The molecule has 1 nitrogen and oxygen atoms in total. The average molecular weight is 258 g/mol. The molecule has 1 aromatic carbocycles. The van der Waals surface area contributed by atoms with E-state index in [-0.39, 0.29) is 11.9 Å². The second-order valence-corrected chi connectivity index (χ2v) is 4.57. The fourth-order valence-electron chi connectivity index (χ4n) is 2.03. The van der Waals surface area contributed by atoms with Crippen LogP contribution in [0.1, 0.15) is 30.0 Å². The Kier molecular flexibility index (Phi) is 2.88. The Morgan fingerprint density at radius 2 is 2.29 bits per heavy atom. The zero-order chi connectivity index (χ0) is 10.1. The molecule has 1 N–H and O–H groups in total. The van der Waals surface area contributed by atoms with Crippen LogP contribution in [-0.4, -0.2) is 6.54 Å². The molecule has 0 aromatic heterocycles. The van der Waals surface area contributed by atoms with Crippen molar-refractivity contribution < 1.29 is 4.39 Å². The number of rotatable bonds is 1. The van der Waals surface area contributed by atoms with Gasteiger partial charge in [-0.1, -0.05) is 15.9 Å². The van der Waals surface area contributed by atoms with E-state index >= 15 is 0 Å². The molecule has 1 aliphatic heterocycles. The summed E-state index contributed by atoms with van der Waals surface area (Å²) in [4.78, 5) is 0. The summed E-state index contributed by atoms with van der Waals surface area (Å²) in [5.74, 6) is -0.0925. The lowest BCUT2D eigenvalue weighted by molar-refractivity contribution is 0.555. The van der Waals surface area contributed by atoms with Gasteiger partial charge in [0.2, 0.25) is 0 Å². The van der Waals surface area contributed by atoms with Gasteiger partial charge in [0.15, 0.2) is 0 Å². The molecule has 1 aliphatic rings. The quantitative estimate of drug-likeness (QED) is 0.814. The van der Waals surface area contributed by atoms with E-state index in [4.69, 9.17) is 0 Å². The molecule has 1 heterocycles. The van der Waals surface area contributed by atoms with E-state index in [2.05, 4.69) is 21.2 Å². The Bertz CT molecular complexity index is 345. The summed E-state index contributed by atoms with van der Waals surface area (Å²) in [5, 5.41) is 3.32. The van der Waals surface area contributed by atoms with E-state index in [1.165, 1.54) is 6.07 Å². The van der Waals surface area contributed by atoms with Gasteiger partial charge < -0.3 is 5.32 Å². The summed E-state index contributed by atoms with van der Waals surface area (Å²) >= 11 is 3.43. The van der Waals surface area contributed by atoms with Gasteiger partial charge in [-0.05, 0) is 44.0 Å². The molecule has 0 bridgehead atoms. The topological polar surface area (TPSA) is 12.0 Å². The van der Waals surface area contributed by atoms with Crippen LogP contribution >= 0.6 is 15.9 Å². The van der Waals surface area contributed by atoms with Gasteiger partial charge in [-0.3, -0.25) is 0 Å². The van der Waals surface area contributed by atoms with E-state index in [9.17, 15) is 4.39 Å². The van der Waals surface area contributed by atoms with Crippen LogP contribution < -0.4 is 5.32 Å². The van der Waals surface area contributed by atoms with Crippen LogP contribution in [0.5, 0.6) is 0 Å². The van der Waals surface area contributed by atoms with Gasteiger partial charge in [-0.25, -0.2) is 4.39 Å². The first kappa shape index (κ1) is 10.1. The molecule has 1 fully saturated rings. The Labute approximate surface area is 91.8 Å². The highest BCUT2D eigenvalue weighted by Crippen LogP contribution is 2.31. The molecule has 2 rings (SSSR count). The minimum atomic E-state index is -0.0925. The zero-order valence-electron chi connectivity index (χ0n) is 8.11. The van der Waals surface area contributed by atoms with Crippen molar-refractivity contribution in [1.29, 1.82) is 0 Å². The molecule has 3 heteroatoms. The summed E-state index contributed by atoms with van der Waals surface area (Å²) in [6, 6.07) is 3.50. The highest BCUT2D eigenvalue weighted by molar-refractivity contribution is 9.10. The Hall–Kier alpha value is -0.410. The zero-order valence-corrected chi connectivity index (χ0v) is 9.70. The van der Waals surface area contributed by atoms with Crippen LogP contribution in [0.4, 0.5) is 4.39 Å². The van der Waals surface area contributed by atoms with Crippen molar-refractivity contribution >= 4 is 15.9 Å². The molecule has 0 aliphatic carbocycles. The van der Waals surface area contributed by atoms with Gasteiger partial charge in [0, 0.05) is 16.1 Å². The average Bonchev–Trinajstić information content (AvgIpc) is 2.65. The van der Waals surface area contributed by atoms with Crippen LogP contribution in [0.25, 0.3) is 0 Å². The molecule has 0 spiro atoms. The van der Waals surface area contributed by atoms with Crippen molar-refractivity contribution in [3.05, 3.63) is 33.5 Å². The predicted molar refractivity (Wildman–Crippen MR) is 58.8 cm³/mol. The van der Waals surface area contributed by atoms with Gasteiger partial charge in [0.05, 0.1) is 0 Å². The Morgan fingerprint density at radius 1 is 1.50 bits per heavy atom. The van der Waals surface area contributed by atoms with Gasteiger partial charge in [0.1, 0.15) is 5.82 Å². The lowest BCUT2D eigenvalue weighted by atomic mass is 9.99. The molecule has 1 unspecified atom stereocenters. The molecule has 1 atom stereocenters. The van der Waals surface area contributed by atoms with Gasteiger partial charge in [-0.15, -0.1) is 0 Å². The highest BCUT2D eigenvalue weighted by atomic mass is 79.9. The van der Waals surface area contributed by atoms with Gasteiger partial charge >= 0.3 is 0 Å². The Balaban J connectivity index is 2.44. The normalized spacial score (nSPS) is 21.5. The molecule has 1 aromatic rings. The van der Waals surface area contributed by atoms with E-state index in [0.717, 1.165) is 35.0 Å². The van der Waals surface area contributed by atoms with Crippen molar-refractivity contribution in [3.63, 3.8) is 0 Å². The first-order chi connectivity index (χ1) is 6.70. The summed E-state index contributed by atoms with van der Waals surface area (Å²) in [7, 11) is 0. The highest BCUT2D eigenvalue weighted by Gasteiger charge is 2.22. The molecule has 14 heavy (non-hydrogen) atoms. The van der Waals surface area contributed by atoms with Crippen molar-refractivity contribution in [2.75, 3.05) is 6.54 Å². The summed E-state index contributed by atoms with van der Waals surface area (Å²) in [5.41, 5.74) is 1.85. The predicted octanol–water partition coefficient (Wildman–Crippen LogP) is 3.32. The number of benzene rings is 1. The lowest BCUT2D eigenvalue weighted by Gasteiger charge is -2.15. The summed E-state index contributed by atoms with van der Waals surface area (Å²) < 4.78 is 14.6. The van der Waals surface area contributed by atoms with E-state index < -0.39 is 0 Å². The SMILES string of the molecule is Cc1c(Br)ccc(F)c1C1CCCN1. The first-order valence-corrected chi connectivity index (χ1v) is 5.67.